The van der Waals surface area contributed by atoms with E-state index in [4.69, 9.17) is 4.74 Å². The minimum Gasteiger partial charge on any atom is -0.465 e. The Hall–Kier alpha value is -3.06. The Labute approximate surface area is 158 Å². The number of amides is 1. The molecule has 0 fully saturated rings. The summed E-state index contributed by atoms with van der Waals surface area (Å²) in [6.45, 7) is 1.84. The second kappa shape index (κ2) is 7.67. The number of hydrogen-bond donors (Lipinski definition) is 1. The van der Waals surface area contributed by atoms with Crippen molar-refractivity contribution in [1.82, 2.24) is 0 Å². The lowest BCUT2D eigenvalue weighted by atomic mass is 10.0. The molecule has 2 aromatic carbocycles. The van der Waals surface area contributed by atoms with Crippen LogP contribution in [0.3, 0.4) is 0 Å². The van der Waals surface area contributed by atoms with E-state index in [1.165, 1.54) is 24.5 Å². The molecule has 0 bridgehead atoms. The van der Waals surface area contributed by atoms with Crippen LogP contribution in [0.15, 0.2) is 48.5 Å². The summed E-state index contributed by atoms with van der Waals surface area (Å²) < 4.78 is 32.1. The summed E-state index contributed by atoms with van der Waals surface area (Å²) in [6.07, 6.45) is 0. The van der Waals surface area contributed by atoms with Gasteiger partial charge in [0.2, 0.25) is 0 Å². The number of methoxy groups -OCH3 is 1. The lowest BCUT2D eigenvalue weighted by Crippen LogP contribution is -2.12. The molecule has 1 heterocycles. The molecular formula is C20H15F2NO3S. The molecule has 3 rings (SSSR count). The number of thiophene rings is 1. The Kier molecular flexibility index (Phi) is 5.32. The zero-order chi connectivity index (χ0) is 19.6. The first-order valence-corrected chi connectivity index (χ1v) is 8.77. The van der Waals surface area contributed by atoms with Gasteiger partial charge in [0.1, 0.15) is 17.3 Å². The highest BCUT2D eigenvalue weighted by Crippen LogP contribution is 2.32. The number of ether oxygens (including phenoxy) is 1. The maximum absolute atomic E-state index is 13.7. The van der Waals surface area contributed by atoms with Crippen LogP contribution in [0.2, 0.25) is 0 Å². The first-order valence-electron chi connectivity index (χ1n) is 7.95. The largest absolute Gasteiger partial charge is 0.465 e. The average Bonchev–Trinajstić information content (AvgIpc) is 3.14. The van der Waals surface area contributed by atoms with E-state index >= 15 is 0 Å². The number of aryl methyl sites for hydroxylation is 1. The Balaban J connectivity index is 1.84. The molecular weight excluding hydrogens is 372 g/mol. The second-order valence-electron chi connectivity index (χ2n) is 5.74. The number of carbonyl (C=O) groups is 2. The van der Waals surface area contributed by atoms with Gasteiger partial charge in [0.25, 0.3) is 5.91 Å². The van der Waals surface area contributed by atoms with E-state index in [0.29, 0.717) is 10.4 Å². The molecule has 3 aromatic rings. The van der Waals surface area contributed by atoms with Crippen LogP contribution >= 0.6 is 11.3 Å². The van der Waals surface area contributed by atoms with Gasteiger partial charge in [-0.2, -0.15) is 0 Å². The van der Waals surface area contributed by atoms with Gasteiger partial charge in [0.05, 0.1) is 17.6 Å². The average molecular weight is 387 g/mol. The SMILES string of the molecule is COC(=O)c1ccc(-c2ccc(C(=O)Nc3c(F)cccc3F)s2)c(C)c1. The van der Waals surface area contributed by atoms with Crippen LogP contribution in [0.25, 0.3) is 10.4 Å². The molecule has 0 atom stereocenters. The molecule has 1 aromatic heterocycles. The van der Waals surface area contributed by atoms with Crippen LogP contribution in [0, 0.1) is 18.6 Å². The number of nitrogens with one attached hydrogen (secondary N) is 1. The smallest absolute Gasteiger partial charge is 0.337 e. The highest BCUT2D eigenvalue weighted by molar-refractivity contribution is 7.17. The molecule has 138 valence electrons. The van der Waals surface area contributed by atoms with E-state index in [2.05, 4.69) is 5.32 Å². The van der Waals surface area contributed by atoms with Gasteiger partial charge in [0, 0.05) is 4.88 Å². The van der Waals surface area contributed by atoms with Gasteiger partial charge >= 0.3 is 5.97 Å². The monoisotopic (exact) mass is 387 g/mol. The molecule has 0 aliphatic heterocycles. The van der Waals surface area contributed by atoms with Crippen molar-refractivity contribution < 1.29 is 23.1 Å². The van der Waals surface area contributed by atoms with E-state index in [0.717, 1.165) is 28.1 Å². The fourth-order valence-electron chi connectivity index (χ4n) is 2.58. The first kappa shape index (κ1) is 18.7. The van der Waals surface area contributed by atoms with Gasteiger partial charge in [0.15, 0.2) is 0 Å². The van der Waals surface area contributed by atoms with Crippen LogP contribution < -0.4 is 5.32 Å². The summed E-state index contributed by atoms with van der Waals surface area (Å²) in [6, 6.07) is 11.8. The molecule has 0 aliphatic rings. The second-order valence-corrected chi connectivity index (χ2v) is 6.82. The van der Waals surface area contributed by atoms with Crippen molar-refractivity contribution in [2.45, 2.75) is 6.92 Å². The molecule has 0 spiro atoms. The lowest BCUT2D eigenvalue weighted by Gasteiger charge is -2.07. The summed E-state index contributed by atoms with van der Waals surface area (Å²) in [5.74, 6) is -2.70. The lowest BCUT2D eigenvalue weighted by molar-refractivity contribution is 0.0600. The Morgan fingerprint density at radius 2 is 1.74 bits per heavy atom. The van der Waals surface area contributed by atoms with E-state index in [1.807, 2.05) is 6.92 Å². The van der Waals surface area contributed by atoms with Gasteiger partial charge in [-0.1, -0.05) is 12.1 Å². The van der Waals surface area contributed by atoms with E-state index in [1.54, 1.807) is 30.3 Å². The highest BCUT2D eigenvalue weighted by Gasteiger charge is 2.16. The van der Waals surface area contributed by atoms with Gasteiger partial charge < -0.3 is 10.1 Å². The number of anilines is 1. The summed E-state index contributed by atoms with van der Waals surface area (Å²) in [5, 5.41) is 2.27. The summed E-state index contributed by atoms with van der Waals surface area (Å²) in [5.41, 5.74) is 1.65. The Bertz CT molecular complexity index is 1010. The van der Waals surface area contributed by atoms with Crippen molar-refractivity contribution in [3.8, 4) is 10.4 Å². The molecule has 0 saturated heterocycles. The van der Waals surface area contributed by atoms with Crippen LogP contribution in [0.1, 0.15) is 25.6 Å². The van der Waals surface area contributed by atoms with Crippen molar-refractivity contribution >= 4 is 28.9 Å². The molecule has 0 unspecified atom stereocenters. The quantitative estimate of drug-likeness (QED) is 0.638. The minimum absolute atomic E-state index is 0.309. The maximum atomic E-state index is 13.7. The van der Waals surface area contributed by atoms with E-state index < -0.39 is 29.2 Å². The molecule has 0 radical (unpaired) electrons. The molecule has 27 heavy (non-hydrogen) atoms. The molecule has 7 heteroatoms. The van der Waals surface area contributed by atoms with Crippen LogP contribution in [0.5, 0.6) is 0 Å². The standard InChI is InChI=1S/C20H15F2NO3S/c1-11-10-12(20(25)26-2)6-7-13(11)16-8-9-17(27-16)19(24)23-18-14(21)4-3-5-15(18)22/h3-10H,1-2H3,(H,23,24). The van der Waals surface area contributed by atoms with Crippen LogP contribution in [-0.2, 0) is 4.74 Å². The zero-order valence-electron chi connectivity index (χ0n) is 14.5. The van der Waals surface area contributed by atoms with Crippen molar-refractivity contribution in [1.29, 1.82) is 0 Å². The first-order chi connectivity index (χ1) is 12.9. The van der Waals surface area contributed by atoms with Gasteiger partial charge in [-0.3, -0.25) is 4.79 Å². The predicted molar refractivity (Wildman–Crippen MR) is 100 cm³/mol. The molecule has 4 nitrogen and oxygen atoms in total. The normalized spacial score (nSPS) is 10.5. The zero-order valence-corrected chi connectivity index (χ0v) is 15.3. The molecule has 1 N–H and O–H groups in total. The van der Waals surface area contributed by atoms with Crippen LogP contribution in [0.4, 0.5) is 14.5 Å². The third kappa shape index (κ3) is 3.88. The topological polar surface area (TPSA) is 55.4 Å². The van der Waals surface area contributed by atoms with Crippen molar-refractivity contribution in [3.05, 3.63) is 76.2 Å². The van der Waals surface area contributed by atoms with Crippen molar-refractivity contribution in [3.63, 3.8) is 0 Å². The molecule has 0 aliphatic carbocycles. The maximum Gasteiger partial charge on any atom is 0.337 e. The van der Waals surface area contributed by atoms with Crippen LogP contribution in [-0.4, -0.2) is 19.0 Å². The summed E-state index contributed by atoms with van der Waals surface area (Å²) in [7, 11) is 1.31. The highest BCUT2D eigenvalue weighted by atomic mass is 32.1. The third-order valence-electron chi connectivity index (χ3n) is 3.94. The van der Waals surface area contributed by atoms with E-state index in [-0.39, 0.29) is 0 Å². The molecule has 1 amide bonds. The number of para-hydroxylation sites is 1. The number of halogens is 2. The summed E-state index contributed by atoms with van der Waals surface area (Å²) >= 11 is 1.19. The summed E-state index contributed by atoms with van der Waals surface area (Å²) in [4.78, 5) is 25.0. The number of esters is 1. The number of carbonyl (C=O) groups excluding carboxylic acids is 2. The molecule has 0 saturated carbocycles. The van der Waals surface area contributed by atoms with Gasteiger partial charge in [-0.05, 0) is 54.4 Å². The minimum atomic E-state index is -0.839. The van der Waals surface area contributed by atoms with Gasteiger partial charge in [-0.25, -0.2) is 13.6 Å². The van der Waals surface area contributed by atoms with Crippen molar-refractivity contribution in [2.24, 2.45) is 0 Å². The third-order valence-corrected chi connectivity index (χ3v) is 5.06. The number of rotatable bonds is 4. The number of benzene rings is 2. The fourth-order valence-corrected chi connectivity index (χ4v) is 3.57. The van der Waals surface area contributed by atoms with Gasteiger partial charge in [-0.15, -0.1) is 11.3 Å². The Morgan fingerprint density at radius 1 is 1.04 bits per heavy atom. The van der Waals surface area contributed by atoms with E-state index in [9.17, 15) is 18.4 Å². The Morgan fingerprint density at radius 3 is 2.37 bits per heavy atom. The fraction of sp³-hybridized carbons (Fsp3) is 0.100. The predicted octanol–water partition coefficient (Wildman–Crippen LogP) is 5.04. The van der Waals surface area contributed by atoms with Crippen molar-refractivity contribution in [2.75, 3.05) is 12.4 Å². The number of hydrogen-bond acceptors (Lipinski definition) is 4.